The monoisotopic (exact) mass is 241 g/mol. The molecule has 0 aliphatic heterocycles. The Balaban J connectivity index is 1.95. The Labute approximate surface area is 102 Å². The maximum atomic E-state index is 11.4. The van der Waals surface area contributed by atoms with Gasteiger partial charge in [0, 0.05) is 23.3 Å². The fraction of sp³-hybridized carbons (Fsp3) is 0.0833. The summed E-state index contributed by atoms with van der Waals surface area (Å²) < 4.78 is 0. The topological polar surface area (TPSA) is 86.5 Å². The minimum atomic E-state index is -0.150. The van der Waals surface area contributed by atoms with E-state index >= 15 is 0 Å². The van der Waals surface area contributed by atoms with Gasteiger partial charge >= 0.3 is 0 Å². The highest BCUT2D eigenvalue weighted by molar-refractivity contribution is 5.79. The first-order valence-corrected chi connectivity index (χ1v) is 5.48. The molecule has 0 saturated carbocycles. The van der Waals surface area contributed by atoms with Crippen molar-refractivity contribution < 1.29 is 0 Å². The molecule has 0 bridgehead atoms. The van der Waals surface area contributed by atoms with E-state index in [1.54, 1.807) is 13.1 Å². The van der Waals surface area contributed by atoms with E-state index in [9.17, 15) is 4.79 Å². The minimum absolute atomic E-state index is 0.150. The van der Waals surface area contributed by atoms with E-state index in [1.807, 2.05) is 18.3 Å². The molecule has 0 unspecified atom stereocenters. The molecule has 3 heterocycles. The van der Waals surface area contributed by atoms with Crippen molar-refractivity contribution >= 4 is 22.7 Å². The van der Waals surface area contributed by atoms with Crippen molar-refractivity contribution in [1.82, 2.24) is 19.9 Å². The van der Waals surface area contributed by atoms with Crippen LogP contribution in [0.25, 0.3) is 11.0 Å². The summed E-state index contributed by atoms with van der Waals surface area (Å²) in [5.41, 5.74) is 2.03. The van der Waals surface area contributed by atoms with E-state index in [4.69, 9.17) is 0 Å². The summed E-state index contributed by atoms with van der Waals surface area (Å²) in [6, 6.07) is 3.86. The van der Waals surface area contributed by atoms with Crippen molar-refractivity contribution in [2.45, 2.75) is 6.92 Å². The standard InChI is InChI=1S/C12H11N5O/c1-7-5-15-12(17-11(7)18)16-9-4-8-2-3-13-10(8)14-6-9/h2-6H,1H3,(H,13,14)(H2,15,16,17,18). The molecule has 6 heteroatoms. The predicted molar refractivity (Wildman–Crippen MR) is 69.0 cm³/mol. The third-order valence-electron chi connectivity index (χ3n) is 2.64. The molecule has 3 aromatic heterocycles. The maximum absolute atomic E-state index is 11.4. The van der Waals surface area contributed by atoms with Crippen LogP contribution < -0.4 is 10.9 Å². The second-order valence-corrected chi connectivity index (χ2v) is 4.01. The van der Waals surface area contributed by atoms with E-state index in [-0.39, 0.29) is 5.56 Å². The zero-order chi connectivity index (χ0) is 12.5. The van der Waals surface area contributed by atoms with E-state index < -0.39 is 0 Å². The van der Waals surface area contributed by atoms with Gasteiger partial charge in [0.25, 0.3) is 5.56 Å². The van der Waals surface area contributed by atoms with Gasteiger partial charge in [-0.15, -0.1) is 0 Å². The number of aryl methyl sites for hydroxylation is 1. The Kier molecular flexibility index (Phi) is 2.33. The first-order valence-electron chi connectivity index (χ1n) is 5.48. The summed E-state index contributed by atoms with van der Waals surface area (Å²) in [4.78, 5) is 25.5. The quantitative estimate of drug-likeness (QED) is 0.637. The van der Waals surface area contributed by atoms with Gasteiger partial charge in [0.15, 0.2) is 0 Å². The van der Waals surface area contributed by atoms with E-state index in [0.29, 0.717) is 11.5 Å². The second kappa shape index (κ2) is 3.99. The highest BCUT2D eigenvalue weighted by atomic mass is 16.1. The van der Waals surface area contributed by atoms with Crippen molar-refractivity contribution in [3.8, 4) is 0 Å². The lowest BCUT2D eigenvalue weighted by molar-refractivity contribution is 1.08. The van der Waals surface area contributed by atoms with Gasteiger partial charge in [-0.2, -0.15) is 0 Å². The van der Waals surface area contributed by atoms with Crippen molar-refractivity contribution in [3.63, 3.8) is 0 Å². The molecule has 3 rings (SSSR count). The molecule has 0 saturated heterocycles. The predicted octanol–water partition coefficient (Wildman–Crippen LogP) is 1.70. The summed E-state index contributed by atoms with van der Waals surface area (Å²) in [6.45, 7) is 1.71. The third kappa shape index (κ3) is 1.84. The number of hydrogen-bond acceptors (Lipinski definition) is 4. The molecule has 0 aliphatic carbocycles. The zero-order valence-corrected chi connectivity index (χ0v) is 9.69. The first kappa shape index (κ1) is 10.5. The molecular weight excluding hydrogens is 230 g/mol. The number of nitrogens with one attached hydrogen (secondary N) is 3. The summed E-state index contributed by atoms with van der Waals surface area (Å²) in [5.74, 6) is 0.405. The summed E-state index contributed by atoms with van der Waals surface area (Å²) >= 11 is 0. The fourth-order valence-electron chi connectivity index (χ4n) is 1.67. The normalized spacial score (nSPS) is 10.7. The van der Waals surface area contributed by atoms with Crippen LogP contribution in [-0.4, -0.2) is 19.9 Å². The van der Waals surface area contributed by atoms with Crippen LogP contribution in [0.3, 0.4) is 0 Å². The van der Waals surface area contributed by atoms with Crippen LogP contribution in [0.15, 0.2) is 35.5 Å². The van der Waals surface area contributed by atoms with Gasteiger partial charge in [-0.1, -0.05) is 0 Å². The van der Waals surface area contributed by atoms with Gasteiger partial charge in [0.1, 0.15) is 5.65 Å². The minimum Gasteiger partial charge on any atom is -0.346 e. The van der Waals surface area contributed by atoms with Crippen LogP contribution in [0.5, 0.6) is 0 Å². The number of rotatable bonds is 2. The van der Waals surface area contributed by atoms with Crippen LogP contribution in [0.1, 0.15) is 5.56 Å². The Morgan fingerprint density at radius 2 is 2.17 bits per heavy atom. The largest absolute Gasteiger partial charge is 0.346 e. The van der Waals surface area contributed by atoms with Gasteiger partial charge in [0.05, 0.1) is 11.9 Å². The molecule has 18 heavy (non-hydrogen) atoms. The average Bonchev–Trinajstić information content (AvgIpc) is 2.81. The van der Waals surface area contributed by atoms with Crippen LogP contribution in [0, 0.1) is 6.92 Å². The van der Waals surface area contributed by atoms with Gasteiger partial charge in [-0.05, 0) is 19.1 Å². The Bertz CT molecular complexity index is 758. The third-order valence-corrected chi connectivity index (χ3v) is 2.64. The SMILES string of the molecule is Cc1cnc(Nc2cnc3[nH]ccc3c2)[nH]c1=O. The molecular formula is C12H11N5O. The van der Waals surface area contributed by atoms with Gasteiger partial charge in [-0.3, -0.25) is 9.78 Å². The molecule has 90 valence electrons. The molecule has 0 aliphatic rings. The van der Waals surface area contributed by atoms with Crippen molar-refractivity contribution in [3.05, 3.63) is 46.6 Å². The Morgan fingerprint density at radius 1 is 1.28 bits per heavy atom. The summed E-state index contributed by atoms with van der Waals surface area (Å²) in [5, 5.41) is 4.01. The van der Waals surface area contributed by atoms with Crippen molar-refractivity contribution in [1.29, 1.82) is 0 Å². The van der Waals surface area contributed by atoms with Gasteiger partial charge in [0.2, 0.25) is 5.95 Å². The molecule has 3 N–H and O–H groups in total. The van der Waals surface area contributed by atoms with Crippen molar-refractivity contribution in [2.24, 2.45) is 0 Å². The van der Waals surface area contributed by atoms with E-state index in [1.165, 1.54) is 6.20 Å². The molecule has 0 aromatic carbocycles. The van der Waals surface area contributed by atoms with E-state index in [0.717, 1.165) is 16.7 Å². The number of fused-ring (bicyclic) bond motifs is 1. The number of aromatic amines is 2. The average molecular weight is 241 g/mol. The second-order valence-electron chi connectivity index (χ2n) is 4.01. The molecule has 3 aromatic rings. The lowest BCUT2D eigenvalue weighted by Gasteiger charge is -2.04. The van der Waals surface area contributed by atoms with Gasteiger partial charge < -0.3 is 10.3 Å². The van der Waals surface area contributed by atoms with E-state index in [2.05, 4.69) is 25.3 Å². The smallest absolute Gasteiger partial charge is 0.255 e. The number of hydrogen-bond donors (Lipinski definition) is 3. The number of aromatic nitrogens is 4. The summed E-state index contributed by atoms with van der Waals surface area (Å²) in [6.07, 6.45) is 5.04. The molecule has 6 nitrogen and oxygen atoms in total. The van der Waals surface area contributed by atoms with Gasteiger partial charge in [-0.25, -0.2) is 9.97 Å². The Hall–Kier alpha value is -2.63. The first-order chi connectivity index (χ1) is 8.72. The van der Waals surface area contributed by atoms with Crippen molar-refractivity contribution in [2.75, 3.05) is 5.32 Å². The highest BCUT2D eigenvalue weighted by Crippen LogP contribution is 2.17. The molecule has 0 radical (unpaired) electrons. The van der Waals surface area contributed by atoms with Crippen LogP contribution in [0.2, 0.25) is 0 Å². The van der Waals surface area contributed by atoms with Crippen LogP contribution in [0.4, 0.5) is 11.6 Å². The zero-order valence-electron chi connectivity index (χ0n) is 9.69. The number of H-pyrrole nitrogens is 2. The Morgan fingerprint density at radius 3 is 3.00 bits per heavy atom. The lowest BCUT2D eigenvalue weighted by Crippen LogP contribution is -2.12. The lowest BCUT2D eigenvalue weighted by atomic mass is 10.3. The maximum Gasteiger partial charge on any atom is 0.255 e. The fourth-order valence-corrected chi connectivity index (χ4v) is 1.67. The summed E-state index contributed by atoms with van der Waals surface area (Å²) in [7, 11) is 0. The number of nitrogens with zero attached hydrogens (tertiary/aromatic N) is 2. The highest BCUT2D eigenvalue weighted by Gasteiger charge is 2.01. The number of anilines is 2. The molecule has 0 spiro atoms. The molecule has 0 fully saturated rings. The molecule has 0 amide bonds. The van der Waals surface area contributed by atoms with Crippen LogP contribution >= 0.6 is 0 Å². The molecule has 0 atom stereocenters. The number of pyridine rings is 1. The van der Waals surface area contributed by atoms with Crippen LogP contribution in [-0.2, 0) is 0 Å².